The van der Waals surface area contributed by atoms with Crippen molar-refractivity contribution < 1.29 is 20.1 Å². The molecule has 0 heterocycles. The lowest BCUT2D eigenvalue weighted by molar-refractivity contribution is 0.131. The van der Waals surface area contributed by atoms with Gasteiger partial charge in [-0.25, -0.2) is 0 Å². The Morgan fingerprint density at radius 3 is 2.71 bits per heavy atom. The molecule has 0 amide bonds. The van der Waals surface area contributed by atoms with Crippen LogP contribution in [-0.2, 0) is 0 Å². The fraction of sp³-hybridized carbons (Fsp3) is 0.400. The SMILES string of the molecule is COc1ccc(O)c(C(O)CCO)c1. The molecular weight excluding hydrogens is 184 g/mol. The zero-order chi connectivity index (χ0) is 10.6. The fourth-order valence-electron chi connectivity index (χ4n) is 1.20. The molecule has 0 aromatic heterocycles. The zero-order valence-electron chi connectivity index (χ0n) is 7.97. The molecule has 0 saturated heterocycles. The van der Waals surface area contributed by atoms with Gasteiger partial charge in [-0.1, -0.05) is 0 Å². The first-order valence-electron chi connectivity index (χ1n) is 4.35. The van der Waals surface area contributed by atoms with E-state index in [0.29, 0.717) is 11.3 Å². The lowest BCUT2D eigenvalue weighted by Crippen LogP contribution is -2.01. The van der Waals surface area contributed by atoms with Crippen LogP contribution >= 0.6 is 0 Å². The Bertz CT molecular complexity index is 298. The standard InChI is InChI=1S/C10H14O4/c1-14-7-2-3-9(12)8(6-7)10(13)4-5-11/h2-3,6,10-13H,4-5H2,1H3. The summed E-state index contributed by atoms with van der Waals surface area (Å²) in [4.78, 5) is 0. The van der Waals surface area contributed by atoms with Crippen molar-refractivity contribution in [1.82, 2.24) is 0 Å². The van der Waals surface area contributed by atoms with Crippen LogP contribution in [0.4, 0.5) is 0 Å². The van der Waals surface area contributed by atoms with Crippen molar-refractivity contribution >= 4 is 0 Å². The Balaban J connectivity index is 2.93. The highest BCUT2D eigenvalue weighted by Gasteiger charge is 2.12. The molecule has 78 valence electrons. The summed E-state index contributed by atoms with van der Waals surface area (Å²) >= 11 is 0. The molecule has 0 bridgehead atoms. The van der Waals surface area contributed by atoms with Crippen molar-refractivity contribution in [3.8, 4) is 11.5 Å². The lowest BCUT2D eigenvalue weighted by atomic mass is 10.1. The molecule has 4 heteroatoms. The molecule has 3 N–H and O–H groups in total. The number of phenols is 1. The number of benzene rings is 1. The van der Waals surface area contributed by atoms with E-state index >= 15 is 0 Å². The minimum Gasteiger partial charge on any atom is -0.508 e. The molecule has 0 spiro atoms. The van der Waals surface area contributed by atoms with Gasteiger partial charge in [0.15, 0.2) is 0 Å². The predicted molar refractivity (Wildman–Crippen MR) is 51.3 cm³/mol. The van der Waals surface area contributed by atoms with Crippen LogP contribution in [0, 0.1) is 0 Å². The highest BCUT2D eigenvalue weighted by Crippen LogP contribution is 2.29. The van der Waals surface area contributed by atoms with E-state index in [-0.39, 0.29) is 18.8 Å². The van der Waals surface area contributed by atoms with Crippen LogP contribution in [0.1, 0.15) is 18.1 Å². The second-order valence-corrected chi connectivity index (χ2v) is 2.95. The van der Waals surface area contributed by atoms with E-state index < -0.39 is 6.10 Å². The van der Waals surface area contributed by atoms with Gasteiger partial charge in [-0.2, -0.15) is 0 Å². The molecular formula is C10H14O4. The van der Waals surface area contributed by atoms with Gasteiger partial charge in [0.05, 0.1) is 13.2 Å². The van der Waals surface area contributed by atoms with Gasteiger partial charge in [0.2, 0.25) is 0 Å². The Morgan fingerprint density at radius 1 is 1.43 bits per heavy atom. The predicted octanol–water partition coefficient (Wildman–Crippen LogP) is 0.817. The molecule has 0 aliphatic heterocycles. The molecule has 0 radical (unpaired) electrons. The molecule has 1 rings (SSSR count). The van der Waals surface area contributed by atoms with Crippen LogP contribution in [-0.4, -0.2) is 29.0 Å². The number of hydrogen-bond donors (Lipinski definition) is 3. The maximum Gasteiger partial charge on any atom is 0.121 e. The highest BCUT2D eigenvalue weighted by atomic mass is 16.5. The third-order valence-electron chi connectivity index (χ3n) is 2.00. The molecule has 0 saturated carbocycles. The monoisotopic (exact) mass is 198 g/mol. The summed E-state index contributed by atoms with van der Waals surface area (Å²) in [6.07, 6.45) is -0.670. The number of aromatic hydroxyl groups is 1. The maximum absolute atomic E-state index is 9.55. The highest BCUT2D eigenvalue weighted by molar-refractivity contribution is 5.40. The largest absolute Gasteiger partial charge is 0.508 e. The quantitative estimate of drug-likeness (QED) is 0.669. The molecule has 1 aromatic rings. The second kappa shape index (κ2) is 4.83. The van der Waals surface area contributed by atoms with E-state index in [1.807, 2.05) is 0 Å². The fourth-order valence-corrected chi connectivity index (χ4v) is 1.20. The van der Waals surface area contributed by atoms with Crippen LogP contribution in [0.5, 0.6) is 11.5 Å². The summed E-state index contributed by atoms with van der Waals surface area (Å²) < 4.78 is 4.95. The number of aliphatic hydroxyl groups is 2. The lowest BCUT2D eigenvalue weighted by Gasteiger charge is -2.12. The summed E-state index contributed by atoms with van der Waals surface area (Å²) in [5, 5.41) is 27.6. The average Bonchev–Trinajstić information content (AvgIpc) is 2.19. The molecule has 14 heavy (non-hydrogen) atoms. The Hall–Kier alpha value is -1.26. The van der Waals surface area contributed by atoms with Crippen molar-refractivity contribution in [2.24, 2.45) is 0 Å². The van der Waals surface area contributed by atoms with Crippen molar-refractivity contribution in [3.63, 3.8) is 0 Å². The van der Waals surface area contributed by atoms with Crippen LogP contribution in [0.2, 0.25) is 0 Å². The minimum atomic E-state index is -0.866. The molecule has 0 aliphatic rings. The molecule has 1 atom stereocenters. The average molecular weight is 198 g/mol. The van der Waals surface area contributed by atoms with E-state index in [1.54, 1.807) is 12.1 Å². The molecule has 0 aliphatic carbocycles. The van der Waals surface area contributed by atoms with Gasteiger partial charge >= 0.3 is 0 Å². The van der Waals surface area contributed by atoms with Crippen molar-refractivity contribution in [2.75, 3.05) is 13.7 Å². The van der Waals surface area contributed by atoms with Crippen molar-refractivity contribution in [3.05, 3.63) is 23.8 Å². The number of hydrogen-bond acceptors (Lipinski definition) is 4. The maximum atomic E-state index is 9.55. The van der Waals surface area contributed by atoms with E-state index in [4.69, 9.17) is 9.84 Å². The summed E-state index contributed by atoms with van der Waals surface area (Å²) in [7, 11) is 1.51. The normalized spacial score (nSPS) is 12.5. The van der Waals surface area contributed by atoms with Crippen LogP contribution < -0.4 is 4.74 Å². The van der Waals surface area contributed by atoms with Crippen LogP contribution in [0.15, 0.2) is 18.2 Å². The summed E-state index contributed by atoms with van der Waals surface area (Å²) in [6.45, 7) is -0.127. The van der Waals surface area contributed by atoms with Gasteiger partial charge in [0.25, 0.3) is 0 Å². The molecule has 1 aromatic carbocycles. The first kappa shape index (κ1) is 10.8. The topological polar surface area (TPSA) is 69.9 Å². The third kappa shape index (κ3) is 2.37. The van der Waals surface area contributed by atoms with Gasteiger partial charge in [-0.15, -0.1) is 0 Å². The van der Waals surface area contributed by atoms with Gasteiger partial charge < -0.3 is 20.1 Å². The van der Waals surface area contributed by atoms with Crippen molar-refractivity contribution in [2.45, 2.75) is 12.5 Å². The number of methoxy groups -OCH3 is 1. The summed E-state index contributed by atoms with van der Waals surface area (Å²) in [6, 6.07) is 4.61. The van der Waals surface area contributed by atoms with Crippen LogP contribution in [0.3, 0.4) is 0 Å². The molecule has 4 nitrogen and oxygen atoms in total. The number of phenolic OH excluding ortho intramolecular Hbond substituents is 1. The van der Waals surface area contributed by atoms with E-state index in [2.05, 4.69) is 0 Å². The number of ether oxygens (including phenoxy) is 1. The zero-order valence-corrected chi connectivity index (χ0v) is 7.97. The summed E-state index contributed by atoms with van der Waals surface area (Å²) in [5.74, 6) is 0.571. The van der Waals surface area contributed by atoms with Gasteiger partial charge in [-0.05, 0) is 18.2 Å². The molecule has 0 fully saturated rings. The first-order chi connectivity index (χ1) is 6.69. The minimum absolute atomic E-state index is 0.00625. The smallest absolute Gasteiger partial charge is 0.121 e. The Kier molecular flexibility index (Phi) is 3.73. The van der Waals surface area contributed by atoms with E-state index in [1.165, 1.54) is 13.2 Å². The number of aliphatic hydroxyl groups excluding tert-OH is 2. The first-order valence-corrected chi connectivity index (χ1v) is 4.35. The van der Waals surface area contributed by atoms with Gasteiger partial charge in [0, 0.05) is 18.6 Å². The second-order valence-electron chi connectivity index (χ2n) is 2.95. The van der Waals surface area contributed by atoms with Crippen LogP contribution in [0.25, 0.3) is 0 Å². The molecule has 1 unspecified atom stereocenters. The number of rotatable bonds is 4. The summed E-state index contributed by atoms with van der Waals surface area (Å²) in [5.41, 5.74) is 0.374. The Labute approximate surface area is 82.4 Å². The van der Waals surface area contributed by atoms with Gasteiger partial charge in [-0.3, -0.25) is 0 Å². The third-order valence-corrected chi connectivity index (χ3v) is 2.00. The van der Waals surface area contributed by atoms with E-state index in [0.717, 1.165) is 0 Å². The Morgan fingerprint density at radius 2 is 2.14 bits per heavy atom. The van der Waals surface area contributed by atoms with E-state index in [9.17, 15) is 10.2 Å². The van der Waals surface area contributed by atoms with Crippen molar-refractivity contribution in [1.29, 1.82) is 0 Å². The van der Waals surface area contributed by atoms with Gasteiger partial charge in [0.1, 0.15) is 11.5 Å².